The number of ether oxygens (including phenoxy) is 1. The number of nitrogens with one attached hydrogen (secondary N) is 1. The van der Waals surface area contributed by atoms with E-state index in [0.717, 1.165) is 11.1 Å². The van der Waals surface area contributed by atoms with Crippen molar-refractivity contribution in [2.75, 3.05) is 26.0 Å². The maximum absolute atomic E-state index is 13.1. The highest BCUT2D eigenvalue weighted by atomic mass is 32.2. The van der Waals surface area contributed by atoms with E-state index in [1.54, 1.807) is 11.7 Å². The third-order valence-corrected chi connectivity index (χ3v) is 5.87. The van der Waals surface area contributed by atoms with Gasteiger partial charge in [-0.25, -0.2) is 4.98 Å². The highest BCUT2D eigenvalue weighted by Crippen LogP contribution is 2.32. The molecule has 2 aromatic heterocycles. The van der Waals surface area contributed by atoms with Gasteiger partial charge in [-0.15, -0.1) is 11.3 Å². The summed E-state index contributed by atoms with van der Waals surface area (Å²) in [7, 11) is 1.59. The number of hydrogen-bond donors (Lipinski definition) is 1. The standard InChI is InChI=1S/C19H21N3O3S2/c1-3-22-18(24)16-14(13-7-5-4-6-8-13)11-26-17(16)21-19(22)27-12-15(23)20-9-10-25-2/h4-8,11H,3,9-10,12H2,1-2H3,(H,20,23). The zero-order valence-electron chi connectivity index (χ0n) is 15.2. The van der Waals surface area contributed by atoms with E-state index < -0.39 is 0 Å². The monoisotopic (exact) mass is 403 g/mol. The van der Waals surface area contributed by atoms with E-state index in [9.17, 15) is 9.59 Å². The summed E-state index contributed by atoms with van der Waals surface area (Å²) >= 11 is 2.73. The summed E-state index contributed by atoms with van der Waals surface area (Å²) in [6.45, 7) is 3.34. The predicted octanol–water partition coefficient (Wildman–Crippen LogP) is 3.00. The van der Waals surface area contributed by atoms with E-state index in [4.69, 9.17) is 4.74 Å². The maximum atomic E-state index is 13.1. The van der Waals surface area contributed by atoms with Crippen LogP contribution in [0.15, 0.2) is 45.7 Å². The normalized spacial score (nSPS) is 11.0. The second kappa shape index (κ2) is 9.16. The minimum atomic E-state index is -0.106. The average molecular weight is 404 g/mol. The van der Waals surface area contributed by atoms with Gasteiger partial charge < -0.3 is 10.1 Å². The molecule has 3 aromatic rings. The topological polar surface area (TPSA) is 73.2 Å². The largest absolute Gasteiger partial charge is 0.383 e. The van der Waals surface area contributed by atoms with Gasteiger partial charge >= 0.3 is 0 Å². The molecule has 0 aliphatic carbocycles. The molecule has 3 rings (SSSR count). The van der Waals surface area contributed by atoms with Crippen molar-refractivity contribution in [1.82, 2.24) is 14.9 Å². The van der Waals surface area contributed by atoms with Gasteiger partial charge in [-0.2, -0.15) is 0 Å². The van der Waals surface area contributed by atoms with Gasteiger partial charge in [-0.1, -0.05) is 42.1 Å². The first-order chi connectivity index (χ1) is 13.2. The molecular formula is C19H21N3O3S2. The highest BCUT2D eigenvalue weighted by molar-refractivity contribution is 7.99. The Hall–Kier alpha value is -2.16. The molecule has 2 heterocycles. The number of methoxy groups -OCH3 is 1. The lowest BCUT2D eigenvalue weighted by Gasteiger charge is -2.10. The van der Waals surface area contributed by atoms with Crippen LogP contribution in [-0.2, 0) is 16.1 Å². The van der Waals surface area contributed by atoms with Gasteiger partial charge in [0.2, 0.25) is 5.91 Å². The van der Waals surface area contributed by atoms with Gasteiger partial charge in [0.25, 0.3) is 5.56 Å². The molecule has 0 saturated heterocycles. The van der Waals surface area contributed by atoms with Gasteiger partial charge in [0.15, 0.2) is 5.16 Å². The number of thiophene rings is 1. The second-order valence-electron chi connectivity index (χ2n) is 5.77. The Balaban J connectivity index is 1.90. The number of nitrogens with zero attached hydrogens (tertiary/aromatic N) is 2. The van der Waals surface area contributed by atoms with Crippen molar-refractivity contribution in [2.45, 2.75) is 18.6 Å². The summed E-state index contributed by atoms with van der Waals surface area (Å²) in [5.41, 5.74) is 1.84. The molecule has 27 heavy (non-hydrogen) atoms. The molecule has 1 amide bonds. The molecular weight excluding hydrogens is 382 g/mol. The van der Waals surface area contributed by atoms with Gasteiger partial charge in [0.05, 0.1) is 17.7 Å². The number of carbonyl (C=O) groups is 1. The number of carbonyl (C=O) groups excluding carboxylic acids is 1. The van der Waals surface area contributed by atoms with Crippen LogP contribution < -0.4 is 10.9 Å². The van der Waals surface area contributed by atoms with Gasteiger partial charge in [0, 0.05) is 31.1 Å². The number of fused-ring (bicyclic) bond motifs is 1. The lowest BCUT2D eigenvalue weighted by atomic mass is 10.1. The van der Waals surface area contributed by atoms with Crippen molar-refractivity contribution in [3.63, 3.8) is 0 Å². The van der Waals surface area contributed by atoms with Crippen LogP contribution in [0.3, 0.4) is 0 Å². The van der Waals surface area contributed by atoms with Crippen LogP contribution in [0, 0.1) is 0 Å². The minimum Gasteiger partial charge on any atom is -0.383 e. The third kappa shape index (κ3) is 4.40. The fourth-order valence-electron chi connectivity index (χ4n) is 2.70. The number of benzene rings is 1. The van der Waals surface area contributed by atoms with Gasteiger partial charge in [-0.3, -0.25) is 14.2 Å². The molecule has 1 N–H and O–H groups in total. The van der Waals surface area contributed by atoms with Crippen LogP contribution in [-0.4, -0.2) is 41.5 Å². The molecule has 1 aromatic carbocycles. The Bertz CT molecular complexity index is 983. The number of aromatic nitrogens is 2. The second-order valence-corrected chi connectivity index (χ2v) is 7.57. The van der Waals surface area contributed by atoms with E-state index in [0.29, 0.717) is 35.1 Å². The quantitative estimate of drug-likeness (QED) is 0.356. The molecule has 0 bridgehead atoms. The summed E-state index contributed by atoms with van der Waals surface area (Å²) in [6.07, 6.45) is 0. The Kier molecular flexibility index (Phi) is 6.65. The Labute approximate surface area is 165 Å². The first kappa shape index (κ1) is 19.6. The minimum absolute atomic E-state index is 0.0649. The SMILES string of the molecule is CCn1c(SCC(=O)NCCOC)nc2scc(-c3ccccc3)c2c1=O. The smallest absolute Gasteiger partial charge is 0.263 e. The molecule has 0 unspecified atom stereocenters. The van der Waals surface area contributed by atoms with Crippen molar-refractivity contribution in [2.24, 2.45) is 0 Å². The fourth-order valence-corrected chi connectivity index (χ4v) is 4.58. The number of amides is 1. The molecule has 0 saturated carbocycles. The number of hydrogen-bond acceptors (Lipinski definition) is 6. The van der Waals surface area contributed by atoms with Crippen molar-refractivity contribution in [3.8, 4) is 11.1 Å². The number of rotatable bonds is 8. The van der Waals surface area contributed by atoms with Crippen LogP contribution in [0.1, 0.15) is 6.92 Å². The van der Waals surface area contributed by atoms with Crippen LogP contribution in [0.2, 0.25) is 0 Å². The van der Waals surface area contributed by atoms with Crippen LogP contribution >= 0.6 is 23.1 Å². The molecule has 142 valence electrons. The third-order valence-electron chi connectivity index (χ3n) is 4.02. The van der Waals surface area contributed by atoms with Crippen molar-refractivity contribution in [1.29, 1.82) is 0 Å². The molecule has 0 aliphatic heterocycles. The summed E-state index contributed by atoms with van der Waals surface area (Å²) in [4.78, 5) is 30.4. The van der Waals surface area contributed by atoms with Gasteiger partial charge in [0.1, 0.15) is 4.83 Å². The average Bonchev–Trinajstić information content (AvgIpc) is 3.11. The first-order valence-electron chi connectivity index (χ1n) is 8.61. The lowest BCUT2D eigenvalue weighted by molar-refractivity contribution is -0.118. The van der Waals surface area contributed by atoms with E-state index in [2.05, 4.69) is 10.3 Å². The van der Waals surface area contributed by atoms with Crippen molar-refractivity contribution in [3.05, 3.63) is 46.1 Å². The zero-order chi connectivity index (χ0) is 19.2. The zero-order valence-corrected chi connectivity index (χ0v) is 16.9. The van der Waals surface area contributed by atoms with Gasteiger partial charge in [-0.05, 0) is 12.5 Å². The lowest BCUT2D eigenvalue weighted by Crippen LogP contribution is -2.29. The Morgan fingerprint density at radius 2 is 2.11 bits per heavy atom. The van der Waals surface area contributed by atoms with E-state index in [-0.39, 0.29) is 17.2 Å². The van der Waals surface area contributed by atoms with Crippen LogP contribution in [0.4, 0.5) is 0 Å². The molecule has 0 atom stereocenters. The predicted molar refractivity (Wildman–Crippen MR) is 111 cm³/mol. The highest BCUT2D eigenvalue weighted by Gasteiger charge is 2.17. The molecule has 8 heteroatoms. The van der Waals surface area contributed by atoms with E-state index in [1.807, 2.05) is 42.6 Å². The Morgan fingerprint density at radius 3 is 2.81 bits per heavy atom. The van der Waals surface area contributed by atoms with Crippen LogP contribution in [0.5, 0.6) is 0 Å². The Morgan fingerprint density at radius 1 is 1.33 bits per heavy atom. The van der Waals surface area contributed by atoms with Crippen molar-refractivity contribution < 1.29 is 9.53 Å². The summed E-state index contributed by atoms with van der Waals surface area (Å²) in [5, 5.41) is 5.95. The van der Waals surface area contributed by atoms with E-state index in [1.165, 1.54) is 23.1 Å². The molecule has 0 aliphatic rings. The fraction of sp³-hybridized carbons (Fsp3) is 0.316. The molecule has 0 fully saturated rings. The molecule has 0 radical (unpaired) electrons. The van der Waals surface area contributed by atoms with Crippen molar-refractivity contribution >= 4 is 39.2 Å². The maximum Gasteiger partial charge on any atom is 0.263 e. The summed E-state index contributed by atoms with van der Waals surface area (Å²) < 4.78 is 6.55. The van der Waals surface area contributed by atoms with E-state index >= 15 is 0 Å². The number of thioether (sulfide) groups is 1. The summed E-state index contributed by atoms with van der Waals surface area (Å²) in [6, 6.07) is 9.84. The van der Waals surface area contributed by atoms with Crippen LogP contribution in [0.25, 0.3) is 21.3 Å². The first-order valence-corrected chi connectivity index (χ1v) is 10.5. The summed E-state index contributed by atoms with van der Waals surface area (Å²) in [5.74, 6) is 0.101. The molecule has 0 spiro atoms. The molecule has 6 nitrogen and oxygen atoms in total.